The van der Waals surface area contributed by atoms with Gasteiger partial charge >= 0.3 is 0 Å². The van der Waals surface area contributed by atoms with Crippen molar-refractivity contribution in [1.29, 1.82) is 0 Å². The zero-order valence-electron chi connectivity index (χ0n) is 12.3. The Hall–Kier alpha value is -0.280. The van der Waals surface area contributed by atoms with Gasteiger partial charge in [-0.15, -0.1) is 0 Å². The van der Waals surface area contributed by atoms with Crippen LogP contribution in [-0.4, -0.2) is 79.5 Å². The van der Waals surface area contributed by atoms with Crippen LogP contribution in [0.25, 0.3) is 0 Å². The fraction of sp³-hybridized carbons (Fsp3) is 1.00. The molecule has 7 heteroatoms. The van der Waals surface area contributed by atoms with Crippen LogP contribution in [0.15, 0.2) is 0 Å². The van der Waals surface area contributed by atoms with Crippen molar-refractivity contribution in [3.63, 3.8) is 0 Å². The van der Waals surface area contributed by atoms with Crippen LogP contribution in [0.4, 0.5) is 0 Å². The van der Waals surface area contributed by atoms with E-state index in [0.717, 1.165) is 6.42 Å². The molecule has 0 aliphatic rings. The highest BCUT2D eigenvalue weighted by atomic mass is 16.7. The van der Waals surface area contributed by atoms with Crippen molar-refractivity contribution in [2.45, 2.75) is 6.42 Å². The van der Waals surface area contributed by atoms with Crippen LogP contribution in [0, 0.1) is 0 Å². The summed E-state index contributed by atoms with van der Waals surface area (Å²) in [5.74, 6) is 0. The van der Waals surface area contributed by atoms with Gasteiger partial charge in [0.2, 0.25) is 0 Å². The van der Waals surface area contributed by atoms with Gasteiger partial charge < -0.3 is 23.7 Å². The lowest BCUT2D eigenvalue weighted by Crippen LogP contribution is -2.32. The number of hydrogen-bond donors (Lipinski definition) is 0. The Labute approximate surface area is 115 Å². The third-order valence-electron chi connectivity index (χ3n) is 2.14. The van der Waals surface area contributed by atoms with E-state index in [0.29, 0.717) is 39.5 Å². The van der Waals surface area contributed by atoms with Gasteiger partial charge in [-0.1, -0.05) is 0 Å². The molecule has 0 radical (unpaired) electrons. The number of rotatable bonds is 15. The lowest BCUT2D eigenvalue weighted by molar-refractivity contribution is -0.184. The first-order chi connectivity index (χ1) is 9.35. The molecule has 0 aromatic heterocycles. The molecule has 0 fully saturated rings. The van der Waals surface area contributed by atoms with E-state index in [-0.39, 0.29) is 13.6 Å². The molecular weight excluding hydrogens is 254 g/mol. The first kappa shape index (κ1) is 18.7. The van der Waals surface area contributed by atoms with Gasteiger partial charge in [0.25, 0.3) is 0 Å². The van der Waals surface area contributed by atoms with Crippen LogP contribution in [0.1, 0.15) is 6.42 Å². The Morgan fingerprint density at radius 1 is 0.684 bits per heavy atom. The predicted octanol–water partition coefficient (Wildman–Crippen LogP) is 0.498. The molecule has 0 saturated carbocycles. The molecule has 0 aromatic carbocycles. The van der Waals surface area contributed by atoms with Gasteiger partial charge in [-0.05, 0) is 6.42 Å². The smallest absolute Gasteiger partial charge is 0.146 e. The van der Waals surface area contributed by atoms with Crippen LogP contribution >= 0.6 is 0 Å². The Morgan fingerprint density at radius 2 is 1.26 bits per heavy atom. The molecule has 0 N–H and O–H groups in total. The highest BCUT2D eigenvalue weighted by molar-refractivity contribution is 4.45. The summed E-state index contributed by atoms with van der Waals surface area (Å²) in [6, 6.07) is 0. The maximum absolute atomic E-state index is 5.62. The molecule has 0 bridgehead atoms. The van der Waals surface area contributed by atoms with Gasteiger partial charge in [0.15, 0.2) is 0 Å². The second-order valence-electron chi connectivity index (χ2n) is 3.74. The summed E-state index contributed by atoms with van der Waals surface area (Å²) in [6.07, 6.45) is 0.852. The molecule has 0 aliphatic carbocycles. The molecule has 0 rings (SSSR count). The van der Waals surface area contributed by atoms with Crippen molar-refractivity contribution in [3.8, 4) is 0 Å². The SMILES string of the molecule is COCCCON(CCOCOC)CCOCOC. The van der Waals surface area contributed by atoms with Crippen molar-refractivity contribution in [3.05, 3.63) is 0 Å². The molecule has 0 atom stereocenters. The molecule has 0 amide bonds. The van der Waals surface area contributed by atoms with Crippen molar-refractivity contribution in [2.75, 3.05) is 74.4 Å². The van der Waals surface area contributed by atoms with E-state index in [1.165, 1.54) is 0 Å². The average molecular weight is 281 g/mol. The minimum absolute atomic E-state index is 0.289. The van der Waals surface area contributed by atoms with Crippen LogP contribution in [-0.2, 0) is 28.5 Å². The van der Waals surface area contributed by atoms with E-state index in [9.17, 15) is 0 Å². The topological polar surface area (TPSA) is 58.6 Å². The van der Waals surface area contributed by atoms with Crippen molar-refractivity contribution >= 4 is 0 Å². The summed E-state index contributed by atoms with van der Waals surface area (Å²) in [5.41, 5.74) is 0. The predicted molar refractivity (Wildman–Crippen MR) is 69.7 cm³/mol. The summed E-state index contributed by atoms with van der Waals surface area (Å²) >= 11 is 0. The molecule has 0 heterocycles. The average Bonchev–Trinajstić information content (AvgIpc) is 2.43. The lowest BCUT2D eigenvalue weighted by atomic mass is 10.5. The molecule has 0 spiro atoms. The normalized spacial score (nSPS) is 11.4. The van der Waals surface area contributed by atoms with E-state index < -0.39 is 0 Å². The largest absolute Gasteiger partial charge is 0.385 e. The first-order valence-electron chi connectivity index (χ1n) is 6.35. The van der Waals surface area contributed by atoms with Gasteiger partial charge in [-0.3, -0.25) is 4.84 Å². The highest BCUT2D eigenvalue weighted by Crippen LogP contribution is 1.94. The zero-order chi connectivity index (χ0) is 14.2. The molecule has 0 aromatic rings. The zero-order valence-corrected chi connectivity index (χ0v) is 12.3. The number of ether oxygens (including phenoxy) is 5. The van der Waals surface area contributed by atoms with Crippen molar-refractivity contribution in [1.82, 2.24) is 5.06 Å². The third kappa shape index (κ3) is 13.9. The standard InChI is InChI=1S/C12H27NO6/c1-14-7-4-8-19-13(5-9-17-11-15-2)6-10-18-12-16-3/h4-12H2,1-3H3. The summed E-state index contributed by atoms with van der Waals surface area (Å²) in [5, 5.41) is 1.82. The van der Waals surface area contributed by atoms with Crippen molar-refractivity contribution < 1.29 is 28.5 Å². The maximum atomic E-state index is 5.62. The van der Waals surface area contributed by atoms with Gasteiger partial charge in [0.05, 0.1) is 19.8 Å². The first-order valence-corrected chi connectivity index (χ1v) is 6.35. The lowest BCUT2D eigenvalue weighted by Gasteiger charge is -2.21. The van der Waals surface area contributed by atoms with Crippen LogP contribution < -0.4 is 0 Å². The minimum Gasteiger partial charge on any atom is -0.385 e. The molecule has 0 unspecified atom stereocenters. The summed E-state index contributed by atoms with van der Waals surface area (Å²) in [4.78, 5) is 5.62. The fourth-order valence-electron chi connectivity index (χ4n) is 1.26. The molecule has 116 valence electrons. The van der Waals surface area contributed by atoms with Crippen LogP contribution in [0.5, 0.6) is 0 Å². The van der Waals surface area contributed by atoms with E-state index in [4.69, 9.17) is 28.5 Å². The Balaban J connectivity index is 3.66. The minimum atomic E-state index is 0.289. The number of nitrogens with zero attached hydrogens (tertiary/aromatic N) is 1. The Kier molecular flexibility index (Phi) is 15.5. The second-order valence-corrected chi connectivity index (χ2v) is 3.74. The summed E-state index contributed by atoms with van der Waals surface area (Å²) in [6.45, 7) is 4.29. The quantitative estimate of drug-likeness (QED) is 0.246. The van der Waals surface area contributed by atoms with E-state index in [2.05, 4.69) is 0 Å². The van der Waals surface area contributed by atoms with Crippen LogP contribution in [0.2, 0.25) is 0 Å². The van der Waals surface area contributed by atoms with Gasteiger partial charge in [0.1, 0.15) is 13.6 Å². The monoisotopic (exact) mass is 281 g/mol. The molecule has 7 nitrogen and oxygen atoms in total. The molecule has 0 aliphatic heterocycles. The van der Waals surface area contributed by atoms with Gasteiger partial charge in [-0.25, -0.2) is 0 Å². The summed E-state index contributed by atoms with van der Waals surface area (Å²) < 4.78 is 25.1. The fourth-order valence-corrected chi connectivity index (χ4v) is 1.26. The maximum Gasteiger partial charge on any atom is 0.146 e. The Morgan fingerprint density at radius 3 is 1.74 bits per heavy atom. The van der Waals surface area contributed by atoms with Gasteiger partial charge in [-0.2, -0.15) is 5.06 Å². The van der Waals surface area contributed by atoms with E-state index in [1.54, 1.807) is 21.3 Å². The Bertz CT molecular complexity index is 144. The van der Waals surface area contributed by atoms with Gasteiger partial charge in [0, 0.05) is 41.0 Å². The molecular formula is C12H27NO6. The van der Waals surface area contributed by atoms with Crippen LogP contribution in [0.3, 0.4) is 0 Å². The number of methoxy groups -OCH3 is 3. The highest BCUT2D eigenvalue weighted by Gasteiger charge is 2.05. The summed E-state index contributed by atoms with van der Waals surface area (Å²) in [7, 11) is 4.87. The van der Waals surface area contributed by atoms with E-state index >= 15 is 0 Å². The molecule has 19 heavy (non-hydrogen) atoms. The third-order valence-corrected chi connectivity index (χ3v) is 2.14. The second kappa shape index (κ2) is 15.8. The number of hydroxylamine groups is 2. The number of hydrogen-bond acceptors (Lipinski definition) is 7. The van der Waals surface area contributed by atoms with Crippen molar-refractivity contribution in [2.24, 2.45) is 0 Å². The van der Waals surface area contributed by atoms with E-state index in [1.807, 2.05) is 5.06 Å². The molecule has 0 saturated heterocycles.